The number of anilines is 1. The molecule has 0 spiro atoms. The molecule has 0 heterocycles. The Labute approximate surface area is 134 Å². The lowest BCUT2D eigenvalue weighted by atomic mass is 9.75. The number of amides is 1. The molecule has 0 radical (unpaired) electrons. The van der Waals surface area contributed by atoms with Gasteiger partial charge in [-0.15, -0.1) is 0 Å². The highest BCUT2D eigenvalue weighted by molar-refractivity contribution is 5.92. The molecule has 3 atom stereocenters. The van der Waals surface area contributed by atoms with Crippen LogP contribution in [0.1, 0.15) is 45.6 Å². The minimum absolute atomic E-state index is 0.0602. The van der Waals surface area contributed by atoms with Gasteiger partial charge < -0.3 is 10.1 Å². The monoisotopic (exact) mass is 303 g/mol. The summed E-state index contributed by atoms with van der Waals surface area (Å²) in [6.07, 6.45) is 3.77. The second kappa shape index (κ2) is 7.77. The number of hydrogen-bond donors (Lipinski definition) is 1. The quantitative estimate of drug-likeness (QED) is 0.875. The summed E-state index contributed by atoms with van der Waals surface area (Å²) in [5.74, 6) is 1.81. The number of aryl methyl sites for hydroxylation is 1. The second-order valence-electron chi connectivity index (χ2n) is 7.04. The zero-order valence-corrected chi connectivity index (χ0v) is 14.3. The van der Waals surface area contributed by atoms with Crippen molar-refractivity contribution in [1.29, 1.82) is 0 Å². The average molecular weight is 303 g/mol. The predicted octanol–water partition coefficient (Wildman–Crippen LogP) is 4.41. The van der Waals surface area contributed by atoms with Crippen molar-refractivity contribution in [3.8, 4) is 0 Å². The Hall–Kier alpha value is -1.35. The van der Waals surface area contributed by atoms with Crippen LogP contribution in [0.2, 0.25) is 0 Å². The number of carbonyl (C=O) groups is 1. The number of para-hydroxylation sites is 1. The van der Waals surface area contributed by atoms with E-state index in [1.54, 1.807) is 0 Å². The van der Waals surface area contributed by atoms with Gasteiger partial charge in [-0.2, -0.15) is 0 Å². The van der Waals surface area contributed by atoms with Crippen LogP contribution in [0.15, 0.2) is 24.3 Å². The Kier molecular flexibility index (Phi) is 6.01. The van der Waals surface area contributed by atoms with Crippen molar-refractivity contribution < 1.29 is 9.53 Å². The molecule has 1 N–H and O–H groups in total. The predicted molar refractivity (Wildman–Crippen MR) is 90.9 cm³/mol. The summed E-state index contributed by atoms with van der Waals surface area (Å²) in [6.45, 7) is 8.93. The topological polar surface area (TPSA) is 38.3 Å². The fourth-order valence-corrected chi connectivity index (χ4v) is 3.39. The first-order chi connectivity index (χ1) is 10.5. The largest absolute Gasteiger partial charge is 0.368 e. The molecule has 1 saturated carbocycles. The minimum Gasteiger partial charge on any atom is -0.368 e. The summed E-state index contributed by atoms with van der Waals surface area (Å²) < 4.78 is 5.99. The van der Waals surface area contributed by atoms with E-state index in [2.05, 4.69) is 26.1 Å². The van der Waals surface area contributed by atoms with Crippen LogP contribution in [-0.4, -0.2) is 18.6 Å². The van der Waals surface area contributed by atoms with E-state index in [1.165, 1.54) is 12.8 Å². The molecule has 0 saturated heterocycles. The Morgan fingerprint density at radius 2 is 2.05 bits per heavy atom. The van der Waals surface area contributed by atoms with Crippen molar-refractivity contribution in [1.82, 2.24) is 0 Å². The van der Waals surface area contributed by atoms with Crippen LogP contribution >= 0.6 is 0 Å². The Morgan fingerprint density at radius 3 is 2.73 bits per heavy atom. The zero-order chi connectivity index (χ0) is 16.1. The molecule has 1 aliphatic carbocycles. The molecule has 1 aromatic rings. The maximum atomic E-state index is 12.1. The van der Waals surface area contributed by atoms with Gasteiger partial charge in [0.2, 0.25) is 5.91 Å². The van der Waals surface area contributed by atoms with Crippen LogP contribution in [0.3, 0.4) is 0 Å². The normalized spacial score (nSPS) is 25.2. The van der Waals surface area contributed by atoms with E-state index < -0.39 is 0 Å². The van der Waals surface area contributed by atoms with E-state index in [1.807, 2.05) is 31.2 Å². The standard InChI is InChI=1S/C19H29NO2/c1-13(2)16-10-9-14(3)11-18(16)22-12-19(21)20-17-8-6-5-7-15(17)4/h5-8,13-14,16,18H,9-12H2,1-4H3,(H,20,21)/t14-,16-,18-/m1/s1. The van der Waals surface area contributed by atoms with Gasteiger partial charge in [-0.05, 0) is 49.1 Å². The maximum absolute atomic E-state index is 12.1. The number of rotatable bonds is 5. The van der Waals surface area contributed by atoms with Crippen LogP contribution in [0.25, 0.3) is 0 Å². The lowest BCUT2D eigenvalue weighted by molar-refractivity contribution is -0.126. The highest BCUT2D eigenvalue weighted by atomic mass is 16.5. The highest BCUT2D eigenvalue weighted by Crippen LogP contribution is 2.35. The van der Waals surface area contributed by atoms with Gasteiger partial charge in [0.1, 0.15) is 6.61 Å². The molecule has 3 heteroatoms. The van der Waals surface area contributed by atoms with Gasteiger partial charge >= 0.3 is 0 Å². The van der Waals surface area contributed by atoms with Crippen LogP contribution < -0.4 is 5.32 Å². The third kappa shape index (κ3) is 4.57. The summed E-state index contributed by atoms with van der Waals surface area (Å²) in [4.78, 5) is 12.1. The van der Waals surface area contributed by atoms with Crippen molar-refractivity contribution in [2.75, 3.05) is 11.9 Å². The SMILES string of the molecule is Cc1ccccc1NC(=O)CO[C@@H]1C[C@H](C)CC[C@@H]1C(C)C. The van der Waals surface area contributed by atoms with Gasteiger partial charge in [0.05, 0.1) is 6.10 Å². The van der Waals surface area contributed by atoms with E-state index in [0.29, 0.717) is 17.8 Å². The van der Waals surface area contributed by atoms with Gasteiger partial charge in [0.25, 0.3) is 0 Å². The summed E-state index contributed by atoms with van der Waals surface area (Å²) in [5.41, 5.74) is 1.94. The first kappa shape index (κ1) is 17.0. The molecule has 0 aromatic heterocycles. The fraction of sp³-hybridized carbons (Fsp3) is 0.632. The van der Waals surface area contributed by atoms with Gasteiger partial charge in [-0.25, -0.2) is 0 Å². The van der Waals surface area contributed by atoms with Gasteiger partial charge in [-0.1, -0.05) is 45.4 Å². The number of hydrogen-bond acceptors (Lipinski definition) is 2. The van der Waals surface area contributed by atoms with E-state index in [4.69, 9.17) is 4.74 Å². The third-order valence-electron chi connectivity index (χ3n) is 4.81. The first-order valence-electron chi connectivity index (χ1n) is 8.44. The molecular weight excluding hydrogens is 274 g/mol. The molecule has 0 bridgehead atoms. The number of benzene rings is 1. The Bertz CT molecular complexity index is 498. The average Bonchev–Trinajstić information content (AvgIpc) is 2.47. The van der Waals surface area contributed by atoms with Crippen molar-refractivity contribution in [2.24, 2.45) is 17.8 Å². The van der Waals surface area contributed by atoms with Gasteiger partial charge in [0, 0.05) is 5.69 Å². The molecule has 1 aliphatic rings. The minimum atomic E-state index is -0.0602. The molecule has 1 aromatic carbocycles. The van der Waals surface area contributed by atoms with Crippen LogP contribution in [-0.2, 0) is 9.53 Å². The maximum Gasteiger partial charge on any atom is 0.250 e. The zero-order valence-electron chi connectivity index (χ0n) is 14.3. The molecule has 122 valence electrons. The summed E-state index contributed by atoms with van der Waals surface area (Å²) in [5, 5.41) is 2.94. The molecule has 0 unspecified atom stereocenters. The highest BCUT2D eigenvalue weighted by Gasteiger charge is 2.31. The number of nitrogens with one attached hydrogen (secondary N) is 1. The smallest absolute Gasteiger partial charge is 0.250 e. The van der Waals surface area contributed by atoms with Crippen molar-refractivity contribution in [3.05, 3.63) is 29.8 Å². The Morgan fingerprint density at radius 1 is 1.32 bits per heavy atom. The van der Waals surface area contributed by atoms with Crippen LogP contribution in [0.5, 0.6) is 0 Å². The van der Waals surface area contributed by atoms with Crippen LogP contribution in [0, 0.1) is 24.7 Å². The first-order valence-corrected chi connectivity index (χ1v) is 8.44. The lowest BCUT2D eigenvalue weighted by Crippen LogP contribution is -2.36. The molecule has 22 heavy (non-hydrogen) atoms. The van der Waals surface area contributed by atoms with Crippen molar-refractivity contribution in [2.45, 2.75) is 53.1 Å². The molecule has 1 fully saturated rings. The molecule has 2 rings (SSSR count). The fourth-order valence-electron chi connectivity index (χ4n) is 3.39. The van der Waals surface area contributed by atoms with Crippen molar-refractivity contribution in [3.63, 3.8) is 0 Å². The van der Waals surface area contributed by atoms with Gasteiger partial charge in [-0.3, -0.25) is 4.79 Å². The van der Waals surface area contributed by atoms with Crippen molar-refractivity contribution >= 4 is 11.6 Å². The second-order valence-corrected chi connectivity index (χ2v) is 7.04. The van der Waals surface area contributed by atoms with E-state index in [-0.39, 0.29) is 18.6 Å². The van der Waals surface area contributed by atoms with Gasteiger partial charge in [0.15, 0.2) is 0 Å². The summed E-state index contributed by atoms with van der Waals surface area (Å²) in [7, 11) is 0. The van der Waals surface area contributed by atoms with E-state index >= 15 is 0 Å². The van der Waals surface area contributed by atoms with Crippen LogP contribution in [0.4, 0.5) is 5.69 Å². The number of ether oxygens (including phenoxy) is 1. The van der Waals surface area contributed by atoms with E-state index in [9.17, 15) is 4.79 Å². The number of carbonyl (C=O) groups excluding carboxylic acids is 1. The summed E-state index contributed by atoms with van der Waals surface area (Å²) >= 11 is 0. The summed E-state index contributed by atoms with van der Waals surface area (Å²) in [6, 6.07) is 7.82. The lowest BCUT2D eigenvalue weighted by Gasteiger charge is -2.37. The molecule has 1 amide bonds. The van der Waals surface area contributed by atoms with E-state index in [0.717, 1.165) is 17.7 Å². The molecule has 3 nitrogen and oxygen atoms in total. The third-order valence-corrected chi connectivity index (χ3v) is 4.81. The Balaban J connectivity index is 1.87. The molecular formula is C19H29NO2. The molecule has 0 aliphatic heterocycles.